The highest BCUT2D eigenvalue weighted by Gasteiger charge is 2.17. The molecule has 9 heteroatoms. The topological polar surface area (TPSA) is 111 Å². The number of benzene rings is 2. The zero-order chi connectivity index (χ0) is 23.7. The second kappa shape index (κ2) is 11.7. The van der Waals surface area contributed by atoms with E-state index in [1.54, 1.807) is 7.11 Å². The number of phenolic OH excluding ortho intramolecular Hbond substituents is 1. The first-order valence-corrected chi connectivity index (χ1v) is 12.2. The van der Waals surface area contributed by atoms with Gasteiger partial charge in [-0.15, -0.1) is 0 Å². The molecular weight excluding hydrogens is 434 g/mol. The van der Waals surface area contributed by atoms with Crippen LogP contribution in [0, 0.1) is 0 Å². The number of rotatable bonds is 12. The van der Waals surface area contributed by atoms with E-state index < -0.39 is 21.9 Å². The molecule has 0 fully saturated rings. The molecule has 0 saturated carbocycles. The molecule has 0 radical (unpaired) electrons. The third-order valence-electron chi connectivity index (χ3n) is 4.82. The SMILES string of the molecule is COc1ccc(CCC(C)NCC(COc2ccc(O)c(S(C)(=O)=O)c2)OC(C)=O)cc1. The Morgan fingerprint density at radius 3 is 2.38 bits per heavy atom. The summed E-state index contributed by atoms with van der Waals surface area (Å²) in [7, 11) is -1.97. The number of hydrogen-bond acceptors (Lipinski definition) is 8. The number of aromatic hydroxyl groups is 1. The third kappa shape index (κ3) is 8.39. The normalized spacial score (nSPS) is 13.2. The first-order chi connectivity index (χ1) is 15.1. The second-order valence-corrected chi connectivity index (χ2v) is 9.62. The summed E-state index contributed by atoms with van der Waals surface area (Å²) in [6, 6.07) is 12.1. The maximum Gasteiger partial charge on any atom is 0.303 e. The number of nitrogens with one attached hydrogen (secondary N) is 1. The van der Waals surface area contributed by atoms with Crippen LogP contribution in [0.5, 0.6) is 17.2 Å². The minimum absolute atomic E-state index is 0.0335. The minimum atomic E-state index is -3.60. The highest BCUT2D eigenvalue weighted by molar-refractivity contribution is 7.90. The summed E-state index contributed by atoms with van der Waals surface area (Å²) in [6.45, 7) is 3.78. The van der Waals surface area contributed by atoms with Crippen LogP contribution in [0.2, 0.25) is 0 Å². The molecule has 0 aromatic heterocycles. The molecular formula is C23H31NO7S. The summed E-state index contributed by atoms with van der Waals surface area (Å²) >= 11 is 0. The lowest BCUT2D eigenvalue weighted by Crippen LogP contribution is -2.39. The van der Waals surface area contributed by atoms with Gasteiger partial charge in [0.25, 0.3) is 0 Å². The first-order valence-electron chi connectivity index (χ1n) is 10.3. The smallest absolute Gasteiger partial charge is 0.303 e. The molecule has 2 unspecified atom stereocenters. The molecule has 0 spiro atoms. The van der Waals surface area contributed by atoms with Gasteiger partial charge in [-0.2, -0.15) is 0 Å². The van der Waals surface area contributed by atoms with Crippen molar-refractivity contribution in [3.05, 3.63) is 48.0 Å². The lowest BCUT2D eigenvalue weighted by Gasteiger charge is -2.21. The zero-order valence-corrected chi connectivity index (χ0v) is 19.6. The Morgan fingerprint density at radius 2 is 1.78 bits per heavy atom. The van der Waals surface area contributed by atoms with Crippen molar-refractivity contribution in [3.63, 3.8) is 0 Å². The number of esters is 1. The van der Waals surface area contributed by atoms with E-state index in [1.807, 2.05) is 31.2 Å². The average molecular weight is 466 g/mol. The van der Waals surface area contributed by atoms with Crippen molar-refractivity contribution < 1.29 is 32.5 Å². The predicted octanol–water partition coefficient (Wildman–Crippen LogP) is 2.73. The van der Waals surface area contributed by atoms with Gasteiger partial charge in [-0.25, -0.2) is 8.42 Å². The Kier molecular flexibility index (Phi) is 9.34. The minimum Gasteiger partial charge on any atom is -0.507 e. The van der Waals surface area contributed by atoms with Crippen LogP contribution in [-0.4, -0.2) is 58.2 Å². The van der Waals surface area contributed by atoms with E-state index in [9.17, 15) is 18.3 Å². The number of carbonyl (C=O) groups is 1. The van der Waals surface area contributed by atoms with Gasteiger partial charge in [0.1, 0.15) is 34.9 Å². The fraction of sp³-hybridized carbons (Fsp3) is 0.435. The fourth-order valence-corrected chi connectivity index (χ4v) is 3.83. The number of methoxy groups -OCH3 is 1. The predicted molar refractivity (Wildman–Crippen MR) is 121 cm³/mol. The maximum atomic E-state index is 11.8. The summed E-state index contributed by atoms with van der Waals surface area (Å²) < 4.78 is 39.7. The molecule has 32 heavy (non-hydrogen) atoms. The van der Waals surface area contributed by atoms with Gasteiger partial charge in [0, 0.05) is 31.8 Å². The van der Waals surface area contributed by atoms with Crippen molar-refractivity contribution in [2.75, 3.05) is 26.5 Å². The van der Waals surface area contributed by atoms with Gasteiger partial charge < -0.3 is 24.6 Å². The van der Waals surface area contributed by atoms with Gasteiger partial charge in [-0.1, -0.05) is 12.1 Å². The standard InChI is InChI=1S/C23H31NO7S/c1-16(5-6-18-7-9-19(29-3)10-8-18)24-14-21(31-17(2)25)15-30-20-11-12-22(26)23(13-20)32(4,27)28/h7-13,16,21,24,26H,5-6,14-15H2,1-4H3. The molecule has 0 amide bonds. The summed E-state index contributed by atoms with van der Waals surface area (Å²) in [5.74, 6) is 0.298. The lowest BCUT2D eigenvalue weighted by molar-refractivity contribution is -0.147. The molecule has 0 aliphatic rings. The highest BCUT2D eigenvalue weighted by atomic mass is 32.2. The van der Waals surface area contributed by atoms with Crippen LogP contribution in [0.25, 0.3) is 0 Å². The van der Waals surface area contributed by atoms with E-state index in [0.29, 0.717) is 6.54 Å². The Bertz CT molecular complexity index is 990. The number of sulfone groups is 1. The molecule has 0 aliphatic heterocycles. The number of aryl methyl sites for hydroxylation is 1. The summed E-state index contributed by atoms with van der Waals surface area (Å²) in [4.78, 5) is 11.3. The van der Waals surface area contributed by atoms with Crippen molar-refractivity contribution in [1.29, 1.82) is 0 Å². The molecule has 0 bridgehead atoms. The fourth-order valence-electron chi connectivity index (χ4n) is 3.05. The van der Waals surface area contributed by atoms with Crippen LogP contribution in [0.4, 0.5) is 0 Å². The number of carbonyl (C=O) groups excluding carboxylic acids is 1. The van der Waals surface area contributed by atoms with E-state index in [2.05, 4.69) is 5.32 Å². The van der Waals surface area contributed by atoms with E-state index in [1.165, 1.54) is 30.7 Å². The molecule has 2 rings (SSSR count). The Balaban J connectivity index is 1.89. The summed E-state index contributed by atoms with van der Waals surface area (Å²) in [6.07, 6.45) is 2.21. The van der Waals surface area contributed by atoms with Gasteiger partial charge >= 0.3 is 5.97 Å². The van der Waals surface area contributed by atoms with E-state index in [-0.39, 0.29) is 29.0 Å². The van der Waals surface area contributed by atoms with Crippen LogP contribution in [0.3, 0.4) is 0 Å². The van der Waals surface area contributed by atoms with E-state index >= 15 is 0 Å². The van der Waals surface area contributed by atoms with Gasteiger partial charge in [-0.3, -0.25) is 4.79 Å². The van der Waals surface area contributed by atoms with Crippen LogP contribution in [0.1, 0.15) is 25.8 Å². The molecule has 2 aromatic rings. The van der Waals surface area contributed by atoms with Gasteiger partial charge in [0.05, 0.1) is 7.11 Å². The average Bonchev–Trinajstić information content (AvgIpc) is 2.74. The summed E-state index contributed by atoms with van der Waals surface area (Å²) in [5.41, 5.74) is 1.20. The van der Waals surface area contributed by atoms with Crippen molar-refractivity contribution in [2.45, 2.75) is 43.7 Å². The van der Waals surface area contributed by atoms with Crippen molar-refractivity contribution in [1.82, 2.24) is 5.32 Å². The number of phenols is 1. The molecule has 0 aliphatic carbocycles. The third-order valence-corrected chi connectivity index (χ3v) is 5.94. The Morgan fingerprint density at radius 1 is 1.12 bits per heavy atom. The number of hydrogen-bond donors (Lipinski definition) is 2. The Labute approximate surface area is 189 Å². The van der Waals surface area contributed by atoms with Gasteiger partial charge in [0.15, 0.2) is 9.84 Å². The van der Waals surface area contributed by atoms with E-state index in [0.717, 1.165) is 24.8 Å². The van der Waals surface area contributed by atoms with Crippen LogP contribution in [0.15, 0.2) is 47.4 Å². The van der Waals surface area contributed by atoms with Gasteiger partial charge in [0.2, 0.25) is 0 Å². The van der Waals surface area contributed by atoms with Crippen molar-refractivity contribution in [2.24, 2.45) is 0 Å². The second-order valence-electron chi connectivity index (χ2n) is 7.64. The van der Waals surface area contributed by atoms with E-state index in [4.69, 9.17) is 14.2 Å². The molecule has 0 saturated heterocycles. The zero-order valence-electron chi connectivity index (χ0n) is 18.8. The molecule has 2 N–H and O–H groups in total. The molecule has 8 nitrogen and oxygen atoms in total. The van der Waals surface area contributed by atoms with Crippen molar-refractivity contribution >= 4 is 15.8 Å². The first kappa shape index (κ1) is 25.5. The monoisotopic (exact) mass is 465 g/mol. The lowest BCUT2D eigenvalue weighted by atomic mass is 10.1. The van der Waals surface area contributed by atoms with Crippen molar-refractivity contribution in [3.8, 4) is 17.2 Å². The molecule has 2 atom stereocenters. The molecule has 176 valence electrons. The molecule has 0 heterocycles. The Hall–Kier alpha value is -2.78. The maximum absolute atomic E-state index is 11.8. The quantitative estimate of drug-likeness (QED) is 0.460. The van der Waals surface area contributed by atoms with Crippen LogP contribution >= 0.6 is 0 Å². The van der Waals surface area contributed by atoms with Gasteiger partial charge in [-0.05, 0) is 49.6 Å². The van der Waals surface area contributed by atoms with Crippen LogP contribution < -0.4 is 14.8 Å². The highest BCUT2D eigenvalue weighted by Crippen LogP contribution is 2.27. The van der Waals surface area contributed by atoms with Crippen LogP contribution in [-0.2, 0) is 25.8 Å². The number of ether oxygens (including phenoxy) is 3. The summed E-state index contributed by atoms with van der Waals surface area (Å²) in [5, 5.41) is 13.1. The molecule has 2 aromatic carbocycles. The largest absolute Gasteiger partial charge is 0.507 e.